The molecular formula is C20H20FN7. The number of piperidine rings is 1. The van der Waals surface area contributed by atoms with Crippen LogP contribution in [0.5, 0.6) is 0 Å². The molecule has 0 saturated carbocycles. The van der Waals surface area contributed by atoms with Gasteiger partial charge in [0.15, 0.2) is 0 Å². The molecule has 1 saturated heterocycles. The molecule has 8 heteroatoms. The molecular weight excluding hydrogens is 357 g/mol. The highest BCUT2D eigenvalue weighted by molar-refractivity contribution is 5.68. The van der Waals surface area contributed by atoms with Crippen LogP contribution < -0.4 is 10.6 Å². The van der Waals surface area contributed by atoms with Crippen molar-refractivity contribution < 1.29 is 4.39 Å². The van der Waals surface area contributed by atoms with Gasteiger partial charge in [0.05, 0.1) is 41.8 Å². The lowest BCUT2D eigenvalue weighted by Crippen LogP contribution is -2.46. The summed E-state index contributed by atoms with van der Waals surface area (Å²) in [6.07, 6.45) is 6.86. The van der Waals surface area contributed by atoms with Crippen LogP contribution in [-0.2, 0) is 0 Å². The predicted molar refractivity (Wildman–Crippen MR) is 106 cm³/mol. The van der Waals surface area contributed by atoms with E-state index in [9.17, 15) is 4.39 Å². The number of rotatable bonds is 4. The summed E-state index contributed by atoms with van der Waals surface area (Å²) in [5.74, 6) is 0.665. The molecule has 7 nitrogen and oxygen atoms in total. The Morgan fingerprint density at radius 1 is 1.21 bits per heavy atom. The summed E-state index contributed by atoms with van der Waals surface area (Å²) in [7, 11) is 0. The minimum absolute atomic E-state index is 0.268. The number of hydrogen-bond acceptors (Lipinski definition) is 5. The number of imidazole rings is 2. The lowest BCUT2D eigenvalue weighted by Gasteiger charge is -2.28. The summed E-state index contributed by atoms with van der Waals surface area (Å²) in [4.78, 5) is 16.4. The number of pyridine rings is 2. The van der Waals surface area contributed by atoms with Crippen LogP contribution in [0.2, 0.25) is 0 Å². The highest BCUT2D eigenvalue weighted by Gasteiger charge is 2.24. The molecule has 4 aromatic rings. The first-order chi connectivity index (χ1) is 13.8. The van der Waals surface area contributed by atoms with E-state index in [2.05, 4.69) is 30.6 Å². The molecule has 1 aliphatic heterocycles. The molecule has 0 aromatic carbocycles. The van der Waals surface area contributed by atoms with Crippen molar-refractivity contribution in [3.8, 4) is 22.6 Å². The second-order valence-corrected chi connectivity index (χ2v) is 6.92. The standard InChI is InChI=1S/C20H20FN7/c21-14-4-6-22-10-17(14)27-19-3-1-2-15(26-19)18-11-24-20-8-13(5-7-28(18)20)16-9-23-12-25-16/h1-3,5,7-9,11-12,14,17,22H,4,6,10H2,(H,23,25)(H,26,27). The summed E-state index contributed by atoms with van der Waals surface area (Å²) in [6.45, 7) is 1.31. The lowest BCUT2D eigenvalue weighted by atomic mass is 10.1. The highest BCUT2D eigenvalue weighted by Crippen LogP contribution is 2.24. The van der Waals surface area contributed by atoms with Gasteiger partial charge in [0, 0.05) is 18.3 Å². The van der Waals surface area contributed by atoms with Gasteiger partial charge in [0.1, 0.15) is 17.6 Å². The van der Waals surface area contributed by atoms with E-state index in [1.54, 1.807) is 18.7 Å². The third-order valence-electron chi connectivity index (χ3n) is 5.06. The summed E-state index contributed by atoms with van der Waals surface area (Å²) >= 11 is 0. The van der Waals surface area contributed by atoms with Crippen LogP contribution in [0.4, 0.5) is 10.2 Å². The zero-order chi connectivity index (χ0) is 18.9. The van der Waals surface area contributed by atoms with E-state index in [4.69, 9.17) is 0 Å². The molecule has 0 radical (unpaired) electrons. The fourth-order valence-electron chi connectivity index (χ4n) is 3.57. The number of alkyl halides is 1. The predicted octanol–water partition coefficient (Wildman–Crippen LogP) is 2.90. The van der Waals surface area contributed by atoms with Crippen LogP contribution in [0.1, 0.15) is 6.42 Å². The fraction of sp³-hybridized carbons (Fsp3) is 0.250. The Morgan fingerprint density at radius 3 is 3.04 bits per heavy atom. The molecule has 142 valence electrons. The van der Waals surface area contributed by atoms with Crippen LogP contribution in [0.3, 0.4) is 0 Å². The first-order valence-electron chi connectivity index (χ1n) is 9.32. The summed E-state index contributed by atoms with van der Waals surface area (Å²) < 4.78 is 16.1. The molecule has 2 unspecified atom stereocenters. The van der Waals surface area contributed by atoms with E-state index in [0.717, 1.165) is 34.8 Å². The molecule has 3 N–H and O–H groups in total. The Labute approximate surface area is 161 Å². The number of aromatic nitrogens is 5. The topological polar surface area (TPSA) is 82.9 Å². The Kier molecular flexibility index (Phi) is 4.25. The third-order valence-corrected chi connectivity index (χ3v) is 5.06. The van der Waals surface area contributed by atoms with E-state index in [-0.39, 0.29) is 6.04 Å². The van der Waals surface area contributed by atoms with Gasteiger partial charge in [-0.15, -0.1) is 0 Å². The van der Waals surface area contributed by atoms with Crippen molar-refractivity contribution in [3.63, 3.8) is 0 Å². The largest absolute Gasteiger partial charge is 0.363 e. The van der Waals surface area contributed by atoms with Crippen molar-refractivity contribution in [2.75, 3.05) is 18.4 Å². The Morgan fingerprint density at radius 2 is 2.18 bits per heavy atom. The third kappa shape index (κ3) is 3.11. The lowest BCUT2D eigenvalue weighted by molar-refractivity contribution is 0.241. The average molecular weight is 377 g/mol. The first-order valence-corrected chi connectivity index (χ1v) is 9.32. The van der Waals surface area contributed by atoms with Crippen LogP contribution in [0, 0.1) is 0 Å². The number of anilines is 1. The quantitative estimate of drug-likeness (QED) is 0.509. The summed E-state index contributed by atoms with van der Waals surface area (Å²) in [6, 6.07) is 9.46. The van der Waals surface area contributed by atoms with Gasteiger partial charge < -0.3 is 15.6 Å². The smallest absolute Gasteiger partial charge is 0.137 e. The van der Waals surface area contributed by atoms with Gasteiger partial charge in [-0.1, -0.05) is 6.07 Å². The zero-order valence-corrected chi connectivity index (χ0v) is 15.1. The second-order valence-electron chi connectivity index (χ2n) is 6.92. The van der Waals surface area contributed by atoms with Crippen molar-refractivity contribution in [1.29, 1.82) is 0 Å². The monoisotopic (exact) mass is 377 g/mol. The summed E-state index contributed by atoms with van der Waals surface area (Å²) in [5.41, 5.74) is 4.45. The van der Waals surface area contributed by atoms with Gasteiger partial charge in [-0.3, -0.25) is 4.40 Å². The SMILES string of the molecule is FC1CCNCC1Nc1cccc(-c2cnc3cc(-c4cnc[nH]4)ccn23)n1. The number of H-pyrrole nitrogens is 1. The van der Waals surface area contributed by atoms with Crippen LogP contribution in [0.25, 0.3) is 28.3 Å². The molecule has 1 fully saturated rings. The molecule has 2 atom stereocenters. The van der Waals surface area contributed by atoms with Gasteiger partial charge in [-0.2, -0.15) is 0 Å². The van der Waals surface area contributed by atoms with Crippen LogP contribution in [-0.4, -0.2) is 49.6 Å². The minimum atomic E-state index is -0.872. The fourth-order valence-corrected chi connectivity index (χ4v) is 3.57. The molecule has 0 bridgehead atoms. The van der Waals surface area contributed by atoms with Gasteiger partial charge in [0.2, 0.25) is 0 Å². The van der Waals surface area contributed by atoms with Crippen LogP contribution in [0.15, 0.2) is 55.2 Å². The van der Waals surface area contributed by atoms with E-state index < -0.39 is 6.17 Å². The van der Waals surface area contributed by atoms with Gasteiger partial charge in [-0.05, 0) is 37.2 Å². The Hall–Kier alpha value is -3.26. The molecule has 28 heavy (non-hydrogen) atoms. The molecule has 4 aromatic heterocycles. The van der Waals surface area contributed by atoms with E-state index >= 15 is 0 Å². The molecule has 0 amide bonds. The molecule has 5 rings (SSSR count). The number of halogens is 1. The second kappa shape index (κ2) is 7.05. The number of nitrogens with one attached hydrogen (secondary N) is 3. The highest BCUT2D eigenvalue weighted by atomic mass is 19.1. The molecule has 5 heterocycles. The Balaban J connectivity index is 1.45. The van der Waals surface area contributed by atoms with Crippen LogP contribution >= 0.6 is 0 Å². The average Bonchev–Trinajstić information content (AvgIpc) is 3.39. The van der Waals surface area contributed by atoms with Gasteiger partial charge in [-0.25, -0.2) is 19.3 Å². The number of hydrogen-bond donors (Lipinski definition) is 3. The number of fused-ring (bicyclic) bond motifs is 1. The normalized spacial score (nSPS) is 19.8. The van der Waals surface area contributed by atoms with Crippen molar-refractivity contribution in [3.05, 3.63) is 55.2 Å². The molecule has 1 aliphatic rings. The van der Waals surface area contributed by atoms with Crippen molar-refractivity contribution in [2.24, 2.45) is 0 Å². The minimum Gasteiger partial charge on any atom is -0.363 e. The number of nitrogens with zero attached hydrogens (tertiary/aromatic N) is 4. The van der Waals surface area contributed by atoms with Crippen molar-refractivity contribution in [2.45, 2.75) is 18.6 Å². The van der Waals surface area contributed by atoms with Crippen molar-refractivity contribution in [1.82, 2.24) is 29.7 Å². The van der Waals surface area contributed by atoms with E-state index in [1.807, 2.05) is 40.9 Å². The first kappa shape index (κ1) is 16.9. The van der Waals surface area contributed by atoms with E-state index in [1.165, 1.54) is 0 Å². The maximum absolute atomic E-state index is 14.1. The van der Waals surface area contributed by atoms with Crippen molar-refractivity contribution >= 4 is 11.5 Å². The maximum Gasteiger partial charge on any atom is 0.137 e. The Bertz CT molecular complexity index is 1090. The summed E-state index contributed by atoms with van der Waals surface area (Å²) in [5, 5.41) is 6.44. The molecule has 0 aliphatic carbocycles. The zero-order valence-electron chi connectivity index (χ0n) is 15.1. The van der Waals surface area contributed by atoms with Gasteiger partial charge >= 0.3 is 0 Å². The molecule has 0 spiro atoms. The van der Waals surface area contributed by atoms with E-state index in [0.29, 0.717) is 18.8 Å². The van der Waals surface area contributed by atoms with Gasteiger partial charge in [0.25, 0.3) is 0 Å². The maximum atomic E-state index is 14.1. The number of aromatic amines is 1.